The summed E-state index contributed by atoms with van der Waals surface area (Å²) in [6.07, 6.45) is 8.37. The number of benzene rings is 1. The Labute approximate surface area is 177 Å². The van der Waals surface area contributed by atoms with E-state index in [1.165, 1.54) is 18.2 Å². The van der Waals surface area contributed by atoms with Gasteiger partial charge in [-0.1, -0.05) is 24.8 Å². The molecule has 6 nitrogen and oxygen atoms in total. The molecule has 0 unspecified atom stereocenters. The number of imidazole rings is 1. The highest BCUT2D eigenvalue weighted by Crippen LogP contribution is 2.31. The van der Waals surface area contributed by atoms with Crippen molar-refractivity contribution in [2.45, 2.75) is 32.1 Å². The van der Waals surface area contributed by atoms with Crippen molar-refractivity contribution >= 4 is 16.9 Å². The van der Waals surface area contributed by atoms with Crippen LogP contribution in [0, 0.1) is 11.3 Å². The summed E-state index contributed by atoms with van der Waals surface area (Å²) < 4.78 is 5.07. The number of ether oxygens (including phenoxy) is 1. The van der Waals surface area contributed by atoms with Crippen LogP contribution in [0.15, 0.2) is 37.1 Å². The molecule has 1 aliphatic carbocycles. The van der Waals surface area contributed by atoms with E-state index >= 15 is 0 Å². The van der Waals surface area contributed by atoms with Crippen LogP contribution in [0.4, 0.5) is 0 Å². The maximum Gasteiger partial charge on any atom is 0.202 e. The fraction of sp³-hybridized carbons (Fsp3) is 0.375. The maximum absolute atomic E-state index is 12.7. The number of carbonyl (C=O) groups excluding carboxylic acids is 1. The first-order valence-electron chi connectivity index (χ1n) is 10.3. The first kappa shape index (κ1) is 21.7. The minimum Gasteiger partial charge on any atom is -0.383 e. The number of carbonyl (C=O) groups is 1. The lowest BCUT2D eigenvalue weighted by Gasteiger charge is -2.18. The van der Waals surface area contributed by atoms with Crippen LogP contribution in [0.2, 0.25) is 0 Å². The number of rotatable bonds is 10. The molecule has 0 atom stereocenters. The lowest BCUT2D eigenvalue weighted by Crippen LogP contribution is -2.21. The molecule has 0 spiro atoms. The number of methoxy groups -OCH3 is 1. The third kappa shape index (κ3) is 5.53. The number of nitrogens with zero attached hydrogens (tertiary/aromatic N) is 2. The number of ketones is 1. The molecule has 0 aliphatic heterocycles. The second kappa shape index (κ2) is 10.7. The van der Waals surface area contributed by atoms with Crippen molar-refractivity contribution < 1.29 is 9.53 Å². The van der Waals surface area contributed by atoms with Crippen LogP contribution >= 0.6 is 0 Å². The van der Waals surface area contributed by atoms with Gasteiger partial charge in [-0.15, -0.1) is 0 Å². The Morgan fingerprint density at radius 2 is 2.27 bits per heavy atom. The second-order valence-electron chi connectivity index (χ2n) is 7.48. The number of Topliss-reactive ketones (excluding diaryl/α,β-unsaturated/α-hetero) is 1. The highest BCUT2D eigenvalue weighted by molar-refractivity contribution is 5.95. The number of nitrogens with one attached hydrogen (secondary N) is 2. The number of H-pyrrole nitrogens is 1. The van der Waals surface area contributed by atoms with Crippen LogP contribution in [0.3, 0.4) is 0 Å². The summed E-state index contributed by atoms with van der Waals surface area (Å²) in [6, 6.07) is 8.17. The highest BCUT2D eigenvalue weighted by atomic mass is 16.5. The molecule has 156 valence electrons. The number of hydrogen-bond acceptors (Lipinski definition) is 5. The molecule has 0 amide bonds. The standard InChI is InChI=1S/C24H28N4O2/c1-17(15-26-10-11-30-2)19-8-9-20(22(12-19)18-6-4-3-5-7-18)13-23(29)24-27-16-21(14-25)28-24/h6,8-9,12,16,26H,1,3-5,7,10-11,13,15H2,2H3,(H,27,28). The Morgan fingerprint density at radius 3 is 2.97 bits per heavy atom. The van der Waals surface area contributed by atoms with Gasteiger partial charge in [0.1, 0.15) is 11.8 Å². The van der Waals surface area contributed by atoms with Gasteiger partial charge in [-0.25, -0.2) is 4.98 Å². The van der Waals surface area contributed by atoms with E-state index < -0.39 is 0 Å². The average Bonchev–Trinajstić information content (AvgIpc) is 3.27. The molecule has 3 rings (SSSR count). The van der Waals surface area contributed by atoms with Gasteiger partial charge in [-0.3, -0.25) is 4.79 Å². The fourth-order valence-corrected chi connectivity index (χ4v) is 3.62. The number of allylic oxidation sites excluding steroid dienone is 2. The number of hydrogen-bond donors (Lipinski definition) is 2. The van der Waals surface area contributed by atoms with Crippen molar-refractivity contribution in [2.75, 3.05) is 26.8 Å². The first-order chi connectivity index (χ1) is 14.6. The SMILES string of the molecule is C=C(CNCCOC)c1ccc(CC(=O)c2ncc(C#N)[nH]2)c(C2=CCCCC2)c1. The molecule has 0 fully saturated rings. The van der Waals surface area contributed by atoms with Crippen LogP contribution < -0.4 is 5.32 Å². The first-order valence-corrected chi connectivity index (χ1v) is 10.3. The van der Waals surface area contributed by atoms with Crippen LogP contribution in [0.25, 0.3) is 11.1 Å². The Kier molecular flexibility index (Phi) is 7.72. The lowest BCUT2D eigenvalue weighted by atomic mass is 9.87. The summed E-state index contributed by atoms with van der Waals surface area (Å²) >= 11 is 0. The van der Waals surface area contributed by atoms with E-state index in [-0.39, 0.29) is 18.0 Å². The number of aromatic amines is 1. The van der Waals surface area contributed by atoms with E-state index in [4.69, 9.17) is 10.00 Å². The second-order valence-corrected chi connectivity index (χ2v) is 7.48. The molecular weight excluding hydrogens is 376 g/mol. The largest absolute Gasteiger partial charge is 0.383 e. The molecule has 0 radical (unpaired) electrons. The third-order valence-corrected chi connectivity index (χ3v) is 5.29. The zero-order valence-electron chi connectivity index (χ0n) is 17.5. The van der Waals surface area contributed by atoms with Gasteiger partial charge in [0.15, 0.2) is 5.82 Å². The smallest absolute Gasteiger partial charge is 0.202 e. The molecule has 1 aliphatic rings. The predicted octanol–water partition coefficient (Wildman–Crippen LogP) is 3.91. The summed E-state index contributed by atoms with van der Waals surface area (Å²) in [7, 11) is 1.69. The van der Waals surface area contributed by atoms with Crippen LogP contribution in [-0.4, -0.2) is 42.6 Å². The lowest BCUT2D eigenvalue weighted by molar-refractivity contribution is 0.0984. The topological polar surface area (TPSA) is 90.8 Å². The molecule has 2 N–H and O–H groups in total. The molecule has 0 saturated heterocycles. The van der Waals surface area contributed by atoms with E-state index in [0.29, 0.717) is 18.8 Å². The Morgan fingerprint density at radius 1 is 1.40 bits per heavy atom. The average molecular weight is 405 g/mol. The molecule has 30 heavy (non-hydrogen) atoms. The maximum atomic E-state index is 12.7. The van der Waals surface area contributed by atoms with E-state index in [9.17, 15) is 4.79 Å². The summed E-state index contributed by atoms with van der Waals surface area (Å²) in [5.74, 6) is 0.105. The van der Waals surface area contributed by atoms with Crippen molar-refractivity contribution in [1.29, 1.82) is 5.26 Å². The quantitative estimate of drug-likeness (QED) is 0.463. The highest BCUT2D eigenvalue weighted by Gasteiger charge is 2.17. The zero-order valence-corrected chi connectivity index (χ0v) is 17.5. The predicted molar refractivity (Wildman–Crippen MR) is 118 cm³/mol. The Bertz CT molecular complexity index is 981. The van der Waals surface area contributed by atoms with Gasteiger partial charge in [0.05, 0.1) is 12.8 Å². The van der Waals surface area contributed by atoms with Crippen molar-refractivity contribution in [1.82, 2.24) is 15.3 Å². The molecule has 6 heteroatoms. The van der Waals surface area contributed by atoms with Crippen molar-refractivity contribution in [2.24, 2.45) is 0 Å². The van der Waals surface area contributed by atoms with Gasteiger partial charge >= 0.3 is 0 Å². The molecule has 2 aromatic rings. The van der Waals surface area contributed by atoms with Gasteiger partial charge in [-0.2, -0.15) is 5.26 Å². The van der Waals surface area contributed by atoms with Crippen molar-refractivity contribution in [3.63, 3.8) is 0 Å². The van der Waals surface area contributed by atoms with Crippen LogP contribution in [0.1, 0.15) is 58.7 Å². The fourth-order valence-electron chi connectivity index (χ4n) is 3.62. The number of aromatic nitrogens is 2. The minimum absolute atomic E-state index is 0.123. The van der Waals surface area contributed by atoms with E-state index in [1.807, 2.05) is 18.2 Å². The van der Waals surface area contributed by atoms with Gasteiger partial charge in [-0.05, 0) is 59.6 Å². The number of nitriles is 1. The van der Waals surface area contributed by atoms with Crippen LogP contribution in [-0.2, 0) is 11.2 Å². The summed E-state index contributed by atoms with van der Waals surface area (Å²) in [6.45, 7) is 6.34. The molecule has 1 heterocycles. The molecule has 1 aromatic heterocycles. The van der Waals surface area contributed by atoms with Crippen LogP contribution in [0.5, 0.6) is 0 Å². The monoisotopic (exact) mass is 404 g/mol. The molecular formula is C24H28N4O2. The molecule has 0 bridgehead atoms. The normalized spacial score (nSPS) is 13.5. The Hall–Kier alpha value is -3.01. The van der Waals surface area contributed by atoms with Gasteiger partial charge in [0, 0.05) is 26.6 Å². The van der Waals surface area contributed by atoms with E-state index in [0.717, 1.165) is 48.1 Å². The molecule has 1 aromatic carbocycles. The van der Waals surface area contributed by atoms with E-state index in [1.54, 1.807) is 7.11 Å². The zero-order chi connectivity index (χ0) is 21.3. The molecule has 0 saturated carbocycles. The third-order valence-electron chi connectivity index (χ3n) is 5.29. The van der Waals surface area contributed by atoms with Gasteiger partial charge < -0.3 is 15.0 Å². The summed E-state index contributed by atoms with van der Waals surface area (Å²) in [4.78, 5) is 19.6. The van der Waals surface area contributed by atoms with E-state index in [2.05, 4.69) is 34.0 Å². The Balaban J connectivity index is 1.83. The summed E-state index contributed by atoms with van der Waals surface area (Å²) in [5, 5.41) is 12.3. The van der Waals surface area contributed by atoms with Gasteiger partial charge in [0.25, 0.3) is 0 Å². The van der Waals surface area contributed by atoms with Crippen molar-refractivity contribution in [3.8, 4) is 6.07 Å². The summed E-state index contributed by atoms with van der Waals surface area (Å²) in [5.41, 5.74) is 5.76. The minimum atomic E-state index is -0.123. The van der Waals surface area contributed by atoms with Crippen molar-refractivity contribution in [3.05, 3.63) is 65.3 Å². The van der Waals surface area contributed by atoms with Gasteiger partial charge in [0.2, 0.25) is 5.78 Å².